The van der Waals surface area contributed by atoms with Crippen LogP contribution in [-0.4, -0.2) is 37.0 Å². The van der Waals surface area contributed by atoms with E-state index in [9.17, 15) is 9.18 Å². The Morgan fingerprint density at radius 3 is 2.82 bits per heavy atom. The highest BCUT2D eigenvalue weighted by molar-refractivity contribution is 6.03. The van der Waals surface area contributed by atoms with E-state index in [0.29, 0.717) is 35.3 Å². The molecule has 0 spiro atoms. The minimum atomic E-state index is -0.918. The van der Waals surface area contributed by atoms with E-state index in [-0.39, 0.29) is 11.7 Å². The number of oxazole rings is 1. The fourth-order valence-corrected chi connectivity index (χ4v) is 3.79. The van der Waals surface area contributed by atoms with Crippen molar-refractivity contribution in [2.45, 2.75) is 25.4 Å². The van der Waals surface area contributed by atoms with Crippen molar-refractivity contribution < 1.29 is 18.1 Å². The van der Waals surface area contributed by atoms with Gasteiger partial charge in [0.05, 0.1) is 23.8 Å². The zero-order valence-corrected chi connectivity index (χ0v) is 18.3. The van der Waals surface area contributed by atoms with Gasteiger partial charge in [0.2, 0.25) is 23.4 Å². The highest BCUT2D eigenvalue weighted by atomic mass is 19.1. The molecule has 3 heterocycles. The van der Waals surface area contributed by atoms with Gasteiger partial charge >= 0.3 is 0 Å². The Morgan fingerprint density at radius 2 is 2.00 bits per heavy atom. The van der Waals surface area contributed by atoms with Crippen LogP contribution < -0.4 is 5.32 Å². The highest BCUT2D eigenvalue weighted by Gasteiger charge is 2.43. The van der Waals surface area contributed by atoms with Crippen LogP contribution in [0.15, 0.2) is 57.7 Å². The van der Waals surface area contributed by atoms with Crippen LogP contribution in [0.25, 0.3) is 33.7 Å². The summed E-state index contributed by atoms with van der Waals surface area (Å²) in [6, 6.07) is 11.1. The van der Waals surface area contributed by atoms with Crippen LogP contribution >= 0.6 is 0 Å². The van der Waals surface area contributed by atoms with E-state index in [1.807, 2.05) is 44.3 Å². The molecule has 5 aromatic rings. The van der Waals surface area contributed by atoms with Crippen LogP contribution in [0.4, 0.5) is 10.1 Å². The molecule has 2 aromatic carbocycles. The van der Waals surface area contributed by atoms with Crippen LogP contribution in [-0.2, 0) is 7.05 Å². The molecule has 1 aliphatic carbocycles. The highest BCUT2D eigenvalue weighted by Crippen LogP contribution is 2.43. The SMILES string of the molecule is Cc1ccc(-c2noc([C@H]3C[C@@H]3F)n2)cc1NC(=O)c1cnc(-c2ccc3cnn(C)c3c2)o1. The molecule has 10 heteroatoms. The van der Waals surface area contributed by atoms with E-state index in [2.05, 4.69) is 25.5 Å². The molecule has 0 saturated heterocycles. The van der Waals surface area contributed by atoms with Crippen molar-refractivity contribution in [1.29, 1.82) is 0 Å². The summed E-state index contributed by atoms with van der Waals surface area (Å²) in [6.07, 6.45) is 2.67. The Bertz CT molecular complexity index is 1550. The average molecular weight is 458 g/mol. The van der Waals surface area contributed by atoms with E-state index in [1.165, 1.54) is 6.20 Å². The minimum Gasteiger partial charge on any atom is -0.431 e. The number of nitrogens with zero attached hydrogens (tertiary/aromatic N) is 5. The molecule has 3 aromatic heterocycles. The lowest BCUT2D eigenvalue weighted by atomic mass is 10.1. The second kappa shape index (κ2) is 7.62. The standard InChI is InChI=1S/C24H19FN6O3/c1-12-3-4-13(21-29-24(34-30-21)16-9-17(16)25)7-18(12)28-22(32)20-11-26-23(33-20)14-5-6-15-10-27-31(2)19(15)8-14/h3-8,10-11,16-17H,9H2,1-2H3,(H,28,32)/t16-,17-/m0/s1. The first-order chi connectivity index (χ1) is 16.5. The summed E-state index contributed by atoms with van der Waals surface area (Å²) in [5.74, 6) is 0.306. The molecule has 9 nitrogen and oxygen atoms in total. The summed E-state index contributed by atoms with van der Waals surface area (Å²) in [4.78, 5) is 21.4. The maximum absolute atomic E-state index is 13.3. The molecule has 170 valence electrons. The normalized spacial score (nSPS) is 17.3. The molecule has 0 radical (unpaired) electrons. The van der Waals surface area contributed by atoms with Crippen molar-refractivity contribution in [1.82, 2.24) is 24.9 Å². The van der Waals surface area contributed by atoms with Gasteiger partial charge in [0.1, 0.15) is 6.17 Å². The number of carbonyl (C=O) groups is 1. The van der Waals surface area contributed by atoms with Gasteiger partial charge < -0.3 is 14.3 Å². The van der Waals surface area contributed by atoms with Crippen molar-refractivity contribution in [2.24, 2.45) is 7.05 Å². The zero-order chi connectivity index (χ0) is 23.4. The van der Waals surface area contributed by atoms with Gasteiger partial charge in [-0.2, -0.15) is 10.1 Å². The Morgan fingerprint density at radius 1 is 1.18 bits per heavy atom. The average Bonchev–Trinajstić information content (AvgIpc) is 3.27. The van der Waals surface area contributed by atoms with Gasteiger partial charge in [-0.3, -0.25) is 9.48 Å². The lowest BCUT2D eigenvalue weighted by Gasteiger charge is -2.08. The topological polar surface area (TPSA) is 112 Å². The maximum atomic E-state index is 13.3. The molecule has 34 heavy (non-hydrogen) atoms. The fraction of sp³-hybridized carbons (Fsp3) is 0.208. The molecule has 2 atom stereocenters. The summed E-state index contributed by atoms with van der Waals surface area (Å²) in [7, 11) is 1.86. The largest absolute Gasteiger partial charge is 0.431 e. The number of aryl methyl sites for hydroxylation is 2. The molecular weight excluding hydrogens is 439 g/mol. The van der Waals surface area contributed by atoms with Gasteiger partial charge in [-0.15, -0.1) is 0 Å². The summed E-state index contributed by atoms with van der Waals surface area (Å²) >= 11 is 0. The van der Waals surface area contributed by atoms with Gasteiger partial charge in [-0.1, -0.05) is 23.4 Å². The zero-order valence-electron chi connectivity index (χ0n) is 18.3. The van der Waals surface area contributed by atoms with Gasteiger partial charge in [-0.05, 0) is 37.1 Å². The first kappa shape index (κ1) is 20.3. The molecular formula is C24H19FN6O3. The first-order valence-corrected chi connectivity index (χ1v) is 10.7. The number of amides is 1. The molecule has 6 rings (SSSR count). The number of carbonyl (C=O) groups excluding carboxylic acids is 1. The molecule has 1 N–H and O–H groups in total. The van der Waals surface area contributed by atoms with E-state index >= 15 is 0 Å². The van der Waals surface area contributed by atoms with Crippen molar-refractivity contribution in [3.05, 3.63) is 66.0 Å². The first-order valence-electron chi connectivity index (χ1n) is 10.7. The summed E-state index contributed by atoms with van der Waals surface area (Å²) in [6.45, 7) is 1.87. The third-order valence-corrected chi connectivity index (χ3v) is 5.94. The third-order valence-electron chi connectivity index (χ3n) is 5.94. The summed E-state index contributed by atoms with van der Waals surface area (Å²) in [5, 5.41) is 12.0. The Labute approximate surface area is 192 Å². The van der Waals surface area contributed by atoms with Gasteiger partial charge in [0.15, 0.2) is 0 Å². The summed E-state index contributed by atoms with van der Waals surface area (Å²) in [5.41, 5.74) is 3.73. The number of benzene rings is 2. The number of halogens is 1. The van der Waals surface area contributed by atoms with Crippen molar-refractivity contribution >= 4 is 22.5 Å². The molecule has 1 aliphatic rings. The minimum absolute atomic E-state index is 0.0782. The quantitative estimate of drug-likeness (QED) is 0.407. The number of rotatable bonds is 5. The van der Waals surface area contributed by atoms with E-state index in [4.69, 9.17) is 8.94 Å². The lowest BCUT2D eigenvalue weighted by molar-refractivity contribution is 0.0997. The van der Waals surface area contributed by atoms with E-state index in [0.717, 1.165) is 22.0 Å². The van der Waals surface area contributed by atoms with Gasteiger partial charge in [-0.25, -0.2) is 9.37 Å². The number of anilines is 1. The van der Waals surface area contributed by atoms with Crippen LogP contribution in [0, 0.1) is 6.92 Å². The van der Waals surface area contributed by atoms with Crippen molar-refractivity contribution in [3.8, 4) is 22.8 Å². The molecule has 1 saturated carbocycles. The van der Waals surface area contributed by atoms with Crippen molar-refractivity contribution in [2.75, 3.05) is 5.32 Å². The van der Waals surface area contributed by atoms with E-state index < -0.39 is 12.1 Å². The van der Waals surface area contributed by atoms with Gasteiger partial charge in [0, 0.05) is 29.2 Å². The molecule has 1 fully saturated rings. The van der Waals surface area contributed by atoms with Crippen molar-refractivity contribution in [3.63, 3.8) is 0 Å². The second-order valence-corrected chi connectivity index (χ2v) is 8.37. The Balaban J connectivity index is 1.23. The van der Waals surface area contributed by atoms with Crippen LogP contribution in [0.5, 0.6) is 0 Å². The molecule has 1 amide bonds. The van der Waals surface area contributed by atoms with Gasteiger partial charge in [0.25, 0.3) is 5.91 Å². The number of nitrogens with one attached hydrogen (secondary N) is 1. The van der Waals surface area contributed by atoms with Crippen LogP contribution in [0.2, 0.25) is 0 Å². The van der Waals surface area contributed by atoms with Crippen LogP contribution in [0.3, 0.4) is 0 Å². The fourth-order valence-electron chi connectivity index (χ4n) is 3.79. The summed E-state index contributed by atoms with van der Waals surface area (Å²) < 4.78 is 26.0. The Kier molecular flexibility index (Phi) is 4.54. The predicted octanol–water partition coefficient (Wildman–Crippen LogP) is 4.66. The van der Waals surface area contributed by atoms with E-state index in [1.54, 1.807) is 16.9 Å². The maximum Gasteiger partial charge on any atom is 0.293 e. The Hall–Kier alpha value is -4.34. The number of fused-ring (bicyclic) bond motifs is 1. The predicted molar refractivity (Wildman–Crippen MR) is 121 cm³/mol. The third kappa shape index (κ3) is 3.53. The second-order valence-electron chi connectivity index (χ2n) is 8.37. The number of alkyl halides is 1. The monoisotopic (exact) mass is 458 g/mol. The number of aromatic nitrogens is 5. The smallest absolute Gasteiger partial charge is 0.293 e. The number of hydrogen-bond donors (Lipinski definition) is 1. The van der Waals surface area contributed by atoms with Crippen LogP contribution in [0.1, 0.15) is 34.3 Å². The molecule has 0 unspecified atom stereocenters. The molecule has 0 bridgehead atoms. The number of hydrogen-bond acceptors (Lipinski definition) is 7. The molecule has 0 aliphatic heterocycles. The lowest BCUT2D eigenvalue weighted by Crippen LogP contribution is -2.12.